The van der Waals surface area contributed by atoms with Crippen LogP contribution in [-0.4, -0.2) is 29.4 Å². The van der Waals surface area contributed by atoms with Gasteiger partial charge < -0.3 is 9.64 Å². The number of cyclic esters (lactones) is 1. The van der Waals surface area contributed by atoms with Gasteiger partial charge in [-0.25, -0.2) is 4.79 Å². The van der Waals surface area contributed by atoms with E-state index in [-0.39, 0.29) is 5.91 Å². The number of fused-ring (bicyclic) bond motifs is 1. The third-order valence-electron chi connectivity index (χ3n) is 4.73. The number of ether oxygens (including phenoxy) is 1. The molecule has 0 saturated heterocycles. The summed E-state index contributed by atoms with van der Waals surface area (Å²) in [5.41, 5.74) is 2.56. The van der Waals surface area contributed by atoms with Crippen LogP contribution in [0.5, 0.6) is 0 Å². The van der Waals surface area contributed by atoms with Gasteiger partial charge in [-0.1, -0.05) is 49.4 Å². The fourth-order valence-electron chi connectivity index (χ4n) is 3.28. The number of nitrogens with zero attached hydrogens (tertiary/aromatic N) is 1. The van der Waals surface area contributed by atoms with Crippen molar-refractivity contribution in [2.24, 2.45) is 0 Å². The van der Waals surface area contributed by atoms with E-state index in [1.54, 1.807) is 31.0 Å². The SMILES string of the molecule is CCc1ccc(CN(C)C(=O)C2(C)Cc3ccccc3C(=O)O2)cc1. The number of hydrogen-bond acceptors (Lipinski definition) is 3. The van der Waals surface area contributed by atoms with E-state index in [1.165, 1.54) is 5.56 Å². The molecule has 1 amide bonds. The Morgan fingerprint density at radius 2 is 1.76 bits per heavy atom. The molecule has 4 nitrogen and oxygen atoms in total. The highest BCUT2D eigenvalue weighted by molar-refractivity contribution is 5.97. The van der Waals surface area contributed by atoms with Gasteiger partial charge >= 0.3 is 5.97 Å². The molecule has 1 unspecified atom stereocenters. The summed E-state index contributed by atoms with van der Waals surface area (Å²) in [6.45, 7) is 4.29. The van der Waals surface area contributed by atoms with Crippen LogP contribution in [0.1, 0.15) is 40.9 Å². The number of benzene rings is 2. The monoisotopic (exact) mass is 337 g/mol. The Hall–Kier alpha value is -2.62. The summed E-state index contributed by atoms with van der Waals surface area (Å²) in [6, 6.07) is 15.5. The molecule has 0 fully saturated rings. The third-order valence-corrected chi connectivity index (χ3v) is 4.73. The van der Waals surface area contributed by atoms with Crippen LogP contribution in [0.2, 0.25) is 0 Å². The first-order valence-corrected chi connectivity index (χ1v) is 8.57. The number of likely N-dealkylation sites (N-methyl/N-ethyl adjacent to an activating group) is 1. The highest BCUT2D eigenvalue weighted by Gasteiger charge is 2.44. The quantitative estimate of drug-likeness (QED) is 0.804. The van der Waals surface area contributed by atoms with Crippen LogP contribution < -0.4 is 0 Å². The van der Waals surface area contributed by atoms with Gasteiger partial charge in [-0.2, -0.15) is 0 Å². The average molecular weight is 337 g/mol. The maximum absolute atomic E-state index is 13.0. The van der Waals surface area contributed by atoms with E-state index in [2.05, 4.69) is 19.1 Å². The lowest BCUT2D eigenvalue weighted by Gasteiger charge is -2.36. The molecule has 1 aliphatic heterocycles. The van der Waals surface area contributed by atoms with Crippen molar-refractivity contribution in [3.8, 4) is 0 Å². The molecule has 0 N–H and O–H groups in total. The summed E-state index contributed by atoms with van der Waals surface area (Å²) in [5, 5.41) is 0. The number of esters is 1. The number of carbonyl (C=O) groups is 2. The zero-order valence-electron chi connectivity index (χ0n) is 14.9. The Morgan fingerprint density at radius 3 is 2.44 bits per heavy atom. The van der Waals surface area contributed by atoms with Crippen molar-refractivity contribution in [2.75, 3.05) is 7.05 Å². The molecule has 0 saturated carbocycles. The van der Waals surface area contributed by atoms with Gasteiger partial charge in [0, 0.05) is 20.0 Å². The molecule has 4 heteroatoms. The van der Waals surface area contributed by atoms with Crippen LogP contribution in [0.3, 0.4) is 0 Å². The number of amides is 1. The van der Waals surface area contributed by atoms with Crippen molar-refractivity contribution in [3.05, 3.63) is 70.8 Å². The number of rotatable bonds is 4. The normalized spacial score (nSPS) is 19.1. The van der Waals surface area contributed by atoms with Crippen LogP contribution >= 0.6 is 0 Å². The summed E-state index contributed by atoms with van der Waals surface area (Å²) in [7, 11) is 1.75. The fourth-order valence-corrected chi connectivity index (χ4v) is 3.28. The van der Waals surface area contributed by atoms with Crippen molar-refractivity contribution >= 4 is 11.9 Å². The molecule has 0 radical (unpaired) electrons. The van der Waals surface area contributed by atoms with Gasteiger partial charge in [0.2, 0.25) is 0 Å². The van der Waals surface area contributed by atoms with E-state index in [0.29, 0.717) is 18.5 Å². The first-order valence-electron chi connectivity index (χ1n) is 8.57. The maximum Gasteiger partial charge on any atom is 0.339 e. The minimum atomic E-state index is -1.16. The Bertz CT molecular complexity index is 797. The zero-order valence-corrected chi connectivity index (χ0v) is 14.9. The molecule has 1 aliphatic rings. The molecular weight excluding hydrogens is 314 g/mol. The van der Waals surface area contributed by atoms with Crippen molar-refractivity contribution in [2.45, 2.75) is 38.8 Å². The highest BCUT2D eigenvalue weighted by Crippen LogP contribution is 2.29. The largest absolute Gasteiger partial charge is 0.445 e. The van der Waals surface area contributed by atoms with E-state index < -0.39 is 11.6 Å². The lowest BCUT2D eigenvalue weighted by molar-refractivity contribution is -0.150. The van der Waals surface area contributed by atoms with Gasteiger partial charge in [0.1, 0.15) is 0 Å². The van der Waals surface area contributed by atoms with Gasteiger partial charge in [0.05, 0.1) is 5.56 Å². The minimum Gasteiger partial charge on any atom is -0.445 e. The molecule has 0 spiro atoms. The van der Waals surface area contributed by atoms with E-state index in [9.17, 15) is 9.59 Å². The van der Waals surface area contributed by atoms with Crippen LogP contribution in [0.25, 0.3) is 0 Å². The first kappa shape index (κ1) is 17.2. The summed E-state index contributed by atoms with van der Waals surface area (Å²) in [6.07, 6.45) is 1.38. The van der Waals surface area contributed by atoms with Gasteiger partial charge in [0.15, 0.2) is 5.60 Å². The molecule has 1 heterocycles. The van der Waals surface area contributed by atoms with E-state index in [0.717, 1.165) is 17.5 Å². The number of hydrogen-bond donors (Lipinski definition) is 0. The van der Waals surface area contributed by atoms with E-state index in [1.807, 2.05) is 24.3 Å². The Balaban J connectivity index is 1.76. The second kappa shape index (κ2) is 6.71. The van der Waals surface area contributed by atoms with E-state index >= 15 is 0 Å². The maximum atomic E-state index is 13.0. The summed E-state index contributed by atoms with van der Waals surface area (Å²) in [4.78, 5) is 26.8. The van der Waals surface area contributed by atoms with Crippen molar-refractivity contribution in [1.29, 1.82) is 0 Å². The molecule has 1 atom stereocenters. The molecule has 2 aromatic rings. The number of carbonyl (C=O) groups excluding carboxylic acids is 2. The predicted octanol–water partition coefficient (Wildman–Crippen LogP) is 3.38. The summed E-state index contributed by atoms with van der Waals surface area (Å²) < 4.78 is 5.53. The summed E-state index contributed by atoms with van der Waals surface area (Å²) >= 11 is 0. The average Bonchev–Trinajstić information content (AvgIpc) is 2.61. The van der Waals surface area contributed by atoms with Gasteiger partial charge in [0.25, 0.3) is 5.91 Å². The topological polar surface area (TPSA) is 46.6 Å². The first-order chi connectivity index (χ1) is 11.9. The number of aryl methyl sites for hydroxylation is 1. The Kier molecular flexibility index (Phi) is 4.62. The molecule has 2 aromatic carbocycles. The lowest BCUT2D eigenvalue weighted by atomic mass is 9.89. The molecule has 0 bridgehead atoms. The Morgan fingerprint density at radius 1 is 1.12 bits per heavy atom. The predicted molar refractivity (Wildman–Crippen MR) is 96.3 cm³/mol. The van der Waals surface area contributed by atoms with Crippen molar-refractivity contribution in [1.82, 2.24) is 4.90 Å². The molecule has 0 aromatic heterocycles. The molecule has 130 valence electrons. The third kappa shape index (κ3) is 3.43. The minimum absolute atomic E-state index is 0.185. The summed E-state index contributed by atoms with van der Waals surface area (Å²) in [5.74, 6) is -0.617. The molecule has 3 rings (SSSR count). The van der Waals surface area contributed by atoms with Crippen LogP contribution in [0, 0.1) is 0 Å². The molecular formula is C21H23NO3. The van der Waals surface area contributed by atoms with Gasteiger partial charge in [-0.3, -0.25) is 4.79 Å². The molecule has 0 aliphatic carbocycles. The second-order valence-electron chi connectivity index (χ2n) is 6.79. The standard InChI is InChI=1S/C21H23NO3/c1-4-15-9-11-16(12-10-15)14-22(3)20(24)21(2)13-17-7-5-6-8-18(17)19(23)25-21/h5-12H,4,13-14H2,1-3H3. The zero-order chi connectivity index (χ0) is 18.0. The van der Waals surface area contributed by atoms with Gasteiger partial charge in [-0.05, 0) is 36.1 Å². The fraction of sp³-hybridized carbons (Fsp3) is 0.333. The highest BCUT2D eigenvalue weighted by atomic mass is 16.6. The van der Waals surface area contributed by atoms with Crippen molar-refractivity contribution in [3.63, 3.8) is 0 Å². The van der Waals surface area contributed by atoms with E-state index in [4.69, 9.17) is 4.74 Å². The molecule has 25 heavy (non-hydrogen) atoms. The Labute approximate surface area is 148 Å². The van der Waals surface area contributed by atoms with Crippen LogP contribution in [0.15, 0.2) is 48.5 Å². The lowest BCUT2D eigenvalue weighted by Crippen LogP contribution is -2.51. The second-order valence-corrected chi connectivity index (χ2v) is 6.79. The van der Waals surface area contributed by atoms with Crippen molar-refractivity contribution < 1.29 is 14.3 Å². The van der Waals surface area contributed by atoms with Gasteiger partial charge in [-0.15, -0.1) is 0 Å². The van der Waals surface area contributed by atoms with Crippen LogP contribution in [0.4, 0.5) is 0 Å². The van der Waals surface area contributed by atoms with Crippen LogP contribution in [-0.2, 0) is 28.9 Å². The smallest absolute Gasteiger partial charge is 0.339 e.